The number of halogens is 3. The van der Waals surface area contributed by atoms with Gasteiger partial charge in [0.15, 0.2) is 0 Å². The minimum absolute atomic E-state index is 0.574. The molecule has 1 N–H and O–H groups in total. The zero-order chi connectivity index (χ0) is 15.6. The van der Waals surface area contributed by atoms with Gasteiger partial charge < -0.3 is 14.6 Å². The minimum Gasteiger partial charge on any atom is -0.496 e. The first-order chi connectivity index (χ1) is 9.97. The molecule has 0 aliphatic rings. The summed E-state index contributed by atoms with van der Waals surface area (Å²) in [6.45, 7) is 0. The van der Waals surface area contributed by atoms with Crippen molar-refractivity contribution < 1.29 is 14.6 Å². The summed E-state index contributed by atoms with van der Waals surface area (Å²) in [5, 5.41) is 11.2. The van der Waals surface area contributed by atoms with Crippen LogP contribution < -0.4 is 9.47 Å². The van der Waals surface area contributed by atoms with Crippen molar-refractivity contribution in [2.45, 2.75) is 6.10 Å². The minimum atomic E-state index is -0.851. The highest BCUT2D eigenvalue weighted by Gasteiger charge is 2.19. The Morgan fingerprint density at radius 1 is 1.14 bits per heavy atom. The van der Waals surface area contributed by atoms with E-state index in [1.807, 2.05) is 12.1 Å². The lowest BCUT2D eigenvalue weighted by Crippen LogP contribution is -2.04. The molecule has 0 aliphatic heterocycles. The standard InChI is InChI=1S/C15H13BrClIO3/c1-20-13-7-10(16)14(21-2)6-9(13)15(19)8-3-4-12(18)11(17)5-8/h3-7,15,19H,1-2H3. The van der Waals surface area contributed by atoms with Gasteiger partial charge in [0.2, 0.25) is 0 Å². The molecule has 0 heterocycles. The van der Waals surface area contributed by atoms with Crippen LogP contribution in [0.5, 0.6) is 11.5 Å². The van der Waals surface area contributed by atoms with E-state index >= 15 is 0 Å². The Labute approximate surface area is 150 Å². The van der Waals surface area contributed by atoms with Gasteiger partial charge in [0.25, 0.3) is 0 Å². The van der Waals surface area contributed by atoms with Gasteiger partial charge in [-0.25, -0.2) is 0 Å². The van der Waals surface area contributed by atoms with Crippen LogP contribution in [-0.4, -0.2) is 19.3 Å². The van der Waals surface area contributed by atoms with E-state index in [0.717, 1.165) is 8.04 Å². The quantitative estimate of drug-likeness (QED) is 0.635. The van der Waals surface area contributed by atoms with Crippen molar-refractivity contribution >= 4 is 50.1 Å². The Balaban J connectivity index is 2.50. The molecule has 0 aliphatic carbocycles. The molecule has 2 rings (SSSR count). The van der Waals surface area contributed by atoms with Gasteiger partial charge >= 0.3 is 0 Å². The summed E-state index contributed by atoms with van der Waals surface area (Å²) < 4.78 is 12.3. The number of aliphatic hydroxyl groups excluding tert-OH is 1. The average Bonchev–Trinajstić information content (AvgIpc) is 2.49. The fraction of sp³-hybridized carbons (Fsp3) is 0.200. The molecular weight excluding hydrogens is 470 g/mol. The van der Waals surface area contributed by atoms with Crippen molar-refractivity contribution in [2.24, 2.45) is 0 Å². The maximum atomic E-state index is 10.6. The van der Waals surface area contributed by atoms with Crippen LogP contribution in [0.25, 0.3) is 0 Å². The van der Waals surface area contributed by atoms with Crippen LogP contribution in [0.2, 0.25) is 5.02 Å². The van der Waals surface area contributed by atoms with Crippen LogP contribution in [0.4, 0.5) is 0 Å². The van der Waals surface area contributed by atoms with E-state index < -0.39 is 6.10 Å². The third-order valence-electron chi connectivity index (χ3n) is 3.06. The Morgan fingerprint density at radius 2 is 1.81 bits per heavy atom. The molecule has 0 fully saturated rings. The second kappa shape index (κ2) is 7.17. The first-order valence-corrected chi connectivity index (χ1v) is 8.27. The zero-order valence-electron chi connectivity index (χ0n) is 11.4. The summed E-state index contributed by atoms with van der Waals surface area (Å²) in [7, 11) is 3.13. The highest BCUT2D eigenvalue weighted by atomic mass is 127. The van der Waals surface area contributed by atoms with E-state index in [0.29, 0.717) is 27.6 Å². The Hall–Kier alpha value is -0.500. The number of aliphatic hydroxyl groups is 1. The monoisotopic (exact) mass is 482 g/mol. The average molecular weight is 484 g/mol. The molecule has 3 nitrogen and oxygen atoms in total. The molecule has 1 unspecified atom stereocenters. The third kappa shape index (κ3) is 3.64. The predicted molar refractivity (Wildman–Crippen MR) is 95.5 cm³/mol. The summed E-state index contributed by atoms with van der Waals surface area (Å²) in [4.78, 5) is 0. The van der Waals surface area contributed by atoms with Gasteiger partial charge in [-0.05, 0) is 68.3 Å². The summed E-state index contributed by atoms with van der Waals surface area (Å²) in [5.74, 6) is 1.20. The van der Waals surface area contributed by atoms with Gasteiger partial charge in [-0.2, -0.15) is 0 Å². The second-order valence-corrected chi connectivity index (χ2v) is 6.73. The molecule has 0 aromatic heterocycles. The van der Waals surface area contributed by atoms with Crippen LogP contribution >= 0.6 is 50.1 Å². The molecule has 0 radical (unpaired) electrons. The molecule has 6 heteroatoms. The zero-order valence-corrected chi connectivity index (χ0v) is 15.9. The van der Waals surface area contributed by atoms with Crippen molar-refractivity contribution in [3.8, 4) is 11.5 Å². The van der Waals surface area contributed by atoms with Crippen molar-refractivity contribution in [1.82, 2.24) is 0 Å². The molecule has 0 saturated heterocycles. The fourth-order valence-electron chi connectivity index (χ4n) is 1.96. The molecule has 0 amide bonds. The smallest absolute Gasteiger partial charge is 0.133 e. The van der Waals surface area contributed by atoms with Gasteiger partial charge in [-0.1, -0.05) is 17.7 Å². The van der Waals surface area contributed by atoms with Crippen molar-refractivity contribution in [1.29, 1.82) is 0 Å². The van der Waals surface area contributed by atoms with Crippen molar-refractivity contribution in [2.75, 3.05) is 14.2 Å². The van der Waals surface area contributed by atoms with Crippen LogP contribution in [0.3, 0.4) is 0 Å². The summed E-state index contributed by atoms with van der Waals surface area (Å²) in [6, 6.07) is 8.98. The Morgan fingerprint density at radius 3 is 2.38 bits per heavy atom. The lowest BCUT2D eigenvalue weighted by Gasteiger charge is -2.17. The summed E-state index contributed by atoms with van der Waals surface area (Å²) >= 11 is 11.7. The maximum absolute atomic E-state index is 10.6. The first kappa shape index (κ1) is 16.9. The molecular formula is C15H13BrClIO3. The van der Waals surface area contributed by atoms with Gasteiger partial charge in [0, 0.05) is 9.13 Å². The lowest BCUT2D eigenvalue weighted by atomic mass is 10.0. The molecule has 1 atom stereocenters. The van der Waals surface area contributed by atoms with Gasteiger partial charge in [0.1, 0.15) is 17.6 Å². The van der Waals surface area contributed by atoms with E-state index in [4.69, 9.17) is 21.1 Å². The topological polar surface area (TPSA) is 38.7 Å². The van der Waals surface area contributed by atoms with E-state index in [1.165, 1.54) is 0 Å². The molecule has 112 valence electrons. The normalized spacial score (nSPS) is 12.1. The summed E-state index contributed by atoms with van der Waals surface area (Å²) in [6.07, 6.45) is -0.851. The lowest BCUT2D eigenvalue weighted by molar-refractivity contribution is 0.214. The Kier molecular flexibility index (Phi) is 5.76. The van der Waals surface area contributed by atoms with E-state index in [1.54, 1.807) is 32.4 Å². The van der Waals surface area contributed by atoms with E-state index in [2.05, 4.69) is 38.5 Å². The van der Waals surface area contributed by atoms with E-state index in [-0.39, 0.29) is 0 Å². The third-order valence-corrected chi connectivity index (χ3v) is 5.25. The largest absolute Gasteiger partial charge is 0.496 e. The van der Waals surface area contributed by atoms with Crippen LogP contribution in [0, 0.1) is 3.57 Å². The summed E-state index contributed by atoms with van der Waals surface area (Å²) in [5.41, 5.74) is 1.32. The molecule has 2 aromatic carbocycles. The number of hydrogen-bond acceptors (Lipinski definition) is 3. The maximum Gasteiger partial charge on any atom is 0.133 e. The SMILES string of the molecule is COc1cc(C(O)c2ccc(I)c(Cl)c2)c(OC)cc1Br. The molecule has 2 aromatic rings. The predicted octanol–water partition coefficient (Wildman–Crippen LogP) is 4.81. The second-order valence-electron chi connectivity index (χ2n) is 4.30. The molecule has 0 bridgehead atoms. The van der Waals surface area contributed by atoms with Gasteiger partial charge in [0.05, 0.1) is 23.7 Å². The highest BCUT2D eigenvalue weighted by Crippen LogP contribution is 2.38. The Bertz CT molecular complexity index is 664. The number of benzene rings is 2. The van der Waals surface area contributed by atoms with Crippen molar-refractivity contribution in [3.63, 3.8) is 0 Å². The number of ether oxygens (including phenoxy) is 2. The van der Waals surface area contributed by atoms with Gasteiger partial charge in [-0.15, -0.1) is 0 Å². The van der Waals surface area contributed by atoms with E-state index in [9.17, 15) is 5.11 Å². The fourth-order valence-corrected chi connectivity index (χ4v) is 2.97. The highest BCUT2D eigenvalue weighted by molar-refractivity contribution is 14.1. The number of methoxy groups -OCH3 is 2. The van der Waals surface area contributed by atoms with Crippen LogP contribution in [-0.2, 0) is 0 Å². The first-order valence-electron chi connectivity index (χ1n) is 6.02. The van der Waals surface area contributed by atoms with Crippen LogP contribution in [0.1, 0.15) is 17.2 Å². The van der Waals surface area contributed by atoms with Crippen LogP contribution in [0.15, 0.2) is 34.8 Å². The molecule has 0 saturated carbocycles. The van der Waals surface area contributed by atoms with Crippen molar-refractivity contribution in [3.05, 3.63) is 54.5 Å². The molecule has 21 heavy (non-hydrogen) atoms. The number of rotatable bonds is 4. The molecule has 0 spiro atoms. The number of hydrogen-bond donors (Lipinski definition) is 1. The van der Waals surface area contributed by atoms with Gasteiger partial charge in [-0.3, -0.25) is 0 Å².